The number of hydrogen-bond donors (Lipinski definition) is 1. The molecule has 0 spiro atoms. The second-order valence-electron chi connectivity index (χ2n) is 10.1. The van der Waals surface area contributed by atoms with Crippen LogP contribution in [0.2, 0.25) is 0 Å². The van der Waals surface area contributed by atoms with Crippen LogP contribution in [0.5, 0.6) is 0 Å². The van der Waals surface area contributed by atoms with Gasteiger partial charge in [-0.15, -0.1) is 0 Å². The second kappa shape index (κ2) is 9.16. The van der Waals surface area contributed by atoms with Crippen molar-refractivity contribution in [2.24, 2.45) is 22.6 Å². The van der Waals surface area contributed by atoms with Gasteiger partial charge in [0.25, 0.3) is 5.91 Å². The molecule has 1 aromatic carbocycles. The Balaban J connectivity index is 1.50. The number of carbonyl (C=O) groups is 2. The number of benzene rings is 1. The van der Waals surface area contributed by atoms with E-state index in [1.165, 1.54) is 11.1 Å². The summed E-state index contributed by atoms with van der Waals surface area (Å²) in [6.07, 6.45) is 9.02. The zero-order valence-electron chi connectivity index (χ0n) is 20.3. The molecule has 4 rings (SSSR count). The lowest BCUT2D eigenvalue weighted by Crippen LogP contribution is -2.49. The summed E-state index contributed by atoms with van der Waals surface area (Å²) in [6, 6.07) is 8.62. The predicted molar refractivity (Wildman–Crippen MR) is 132 cm³/mol. The summed E-state index contributed by atoms with van der Waals surface area (Å²) in [4.78, 5) is 33.5. The molecule has 0 bridgehead atoms. The van der Waals surface area contributed by atoms with E-state index < -0.39 is 5.54 Å². The highest BCUT2D eigenvalue weighted by molar-refractivity contribution is 6.07. The zero-order chi connectivity index (χ0) is 23.8. The molecular formula is C27H36N4O2. The minimum absolute atomic E-state index is 0.0131. The highest BCUT2D eigenvalue weighted by Crippen LogP contribution is 2.38. The lowest BCUT2D eigenvalue weighted by molar-refractivity contribution is -0.134. The average Bonchev–Trinajstić information content (AvgIpc) is 3.03. The fraction of sp³-hybridized carbons (Fsp3) is 0.519. The Morgan fingerprint density at radius 1 is 1.27 bits per heavy atom. The molecule has 176 valence electrons. The van der Waals surface area contributed by atoms with Gasteiger partial charge in [-0.3, -0.25) is 14.5 Å². The van der Waals surface area contributed by atoms with Gasteiger partial charge in [-0.25, -0.2) is 4.99 Å². The van der Waals surface area contributed by atoms with E-state index >= 15 is 0 Å². The predicted octanol–water partition coefficient (Wildman–Crippen LogP) is 3.94. The number of nitrogens with two attached hydrogens (primary N) is 1. The fourth-order valence-corrected chi connectivity index (χ4v) is 5.17. The van der Waals surface area contributed by atoms with Crippen LogP contribution < -0.4 is 5.73 Å². The van der Waals surface area contributed by atoms with E-state index in [1.807, 2.05) is 11.8 Å². The summed E-state index contributed by atoms with van der Waals surface area (Å²) in [5.74, 6) is 1.17. The van der Waals surface area contributed by atoms with Crippen LogP contribution in [-0.2, 0) is 9.59 Å². The first-order valence-corrected chi connectivity index (χ1v) is 12.1. The van der Waals surface area contributed by atoms with Crippen LogP contribution in [0.4, 0.5) is 0 Å². The van der Waals surface area contributed by atoms with E-state index in [0.717, 1.165) is 37.9 Å². The van der Waals surface area contributed by atoms with Crippen LogP contribution >= 0.6 is 0 Å². The summed E-state index contributed by atoms with van der Waals surface area (Å²) in [6.45, 7) is 9.98. The minimum atomic E-state index is -0.893. The van der Waals surface area contributed by atoms with Crippen molar-refractivity contribution < 1.29 is 9.59 Å². The molecule has 2 aliphatic heterocycles. The number of amides is 2. The van der Waals surface area contributed by atoms with E-state index in [2.05, 4.69) is 56.3 Å². The van der Waals surface area contributed by atoms with Crippen molar-refractivity contribution in [1.82, 2.24) is 9.80 Å². The molecule has 1 aliphatic carbocycles. The van der Waals surface area contributed by atoms with E-state index in [9.17, 15) is 9.59 Å². The molecule has 2 amide bonds. The van der Waals surface area contributed by atoms with Crippen LogP contribution in [0.3, 0.4) is 0 Å². The Bertz CT molecular complexity index is 1020. The largest absolute Gasteiger partial charge is 0.369 e. The highest BCUT2D eigenvalue weighted by Gasteiger charge is 2.49. The number of likely N-dealkylation sites (tertiary alicyclic amines) is 1. The number of carbonyl (C=O) groups excluding carboxylic acids is 2. The molecule has 0 saturated carbocycles. The molecule has 1 fully saturated rings. The third-order valence-electron chi connectivity index (χ3n) is 7.48. The molecule has 3 aliphatic rings. The normalized spacial score (nSPS) is 26.1. The molecule has 2 N–H and O–H groups in total. The Labute approximate surface area is 197 Å². The molecule has 6 nitrogen and oxygen atoms in total. The van der Waals surface area contributed by atoms with Gasteiger partial charge in [0.2, 0.25) is 5.91 Å². The maximum atomic E-state index is 13.6. The van der Waals surface area contributed by atoms with E-state index in [0.29, 0.717) is 24.3 Å². The van der Waals surface area contributed by atoms with E-state index in [-0.39, 0.29) is 17.7 Å². The molecule has 33 heavy (non-hydrogen) atoms. The number of rotatable bonds is 5. The van der Waals surface area contributed by atoms with Gasteiger partial charge in [0, 0.05) is 32.5 Å². The van der Waals surface area contributed by atoms with Crippen LogP contribution in [0.1, 0.15) is 64.0 Å². The standard InChI is InChI=1S/C27H36N4O2/c1-18(2)21-7-5-8-22(15-21)23-9-6-10-24(16-23)27(4)25(33)31(26(28)29-27)17-20-11-13-30(14-12-20)19(3)32/h5-9,15-16,18,20,24H,10-14,17H2,1-4H3,(H2,28,29). The Morgan fingerprint density at radius 3 is 2.67 bits per heavy atom. The van der Waals surface area contributed by atoms with Gasteiger partial charge in [0.1, 0.15) is 5.54 Å². The van der Waals surface area contributed by atoms with Crippen molar-refractivity contribution in [3.05, 3.63) is 53.6 Å². The molecule has 2 atom stereocenters. The summed E-state index contributed by atoms with van der Waals surface area (Å²) in [5, 5.41) is 0. The molecule has 1 saturated heterocycles. The maximum absolute atomic E-state index is 13.6. The third-order valence-corrected chi connectivity index (χ3v) is 7.48. The topological polar surface area (TPSA) is 79.0 Å². The number of aliphatic imine (C=N–C) groups is 1. The second-order valence-corrected chi connectivity index (χ2v) is 10.1. The van der Waals surface area contributed by atoms with Crippen molar-refractivity contribution in [3.8, 4) is 0 Å². The van der Waals surface area contributed by atoms with Gasteiger partial charge in [0.15, 0.2) is 5.96 Å². The molecule has 1 aromatic rings. The third kappa shape index (κ3) is 4.61. The lowest BCUT2D eigenvalue weighted by Gasteiger charge is -2.34. The van der Waals surface area contributed by atoms with Crippen molar-refractivity contribution >= 4 is 23.3 Å². The van der Waals surface area contributed by atoms with Crippen LogP contribution in [-0.4, -0.2) is 52.7 Å². The molecule has 2 unspecified atom stereocenters. The van der Waals surface area contributed by atoms with Crippen LogP contribution in [0.15, 0.2) is 47.5 Å². The first-order valence-electron chi connectivity index (χ1n) is 12.1. The quantitative estimate of drug-likeness (QED) is 0.741. The van der Waals surface area contributed by atoms with Crippen molar-refractivity contribution in [3.63, 3.8) is 0 Å². The summed E-state index contributed by atoms with van der Waals surface area (Å²) in [5.41, 5.74) is 9.00. The summed E-state index contributed by atoms with van der Waals surface area (Å²) in [7, 11) is 0. The summed E-state index contributed by atoms with van der Waals surface area (Å²) < 4.78 is 0. The SMILES string of the molecule is CC(=O)N1CCC(CN2C(=O)C(C)(C3C=C(c4cccc(C(C)C)c4)C=CC3)N=C2N)CC1. The number of allylic oxidation sites excluding steroid dienone is 3. The smallest absolute Gasteiger partial charge is 0.257 e. The van der Waals surface area contributed by atoms with Crippen molar-refractivity contribution in [1.29, 1.82) is 0 Å². The fourth-order valence-electron chi connectivity index (χ4n) is 5.17. The lowest BCUT2D eigenvalue weighted by atomic mass is 9.78. The number of piperidine rings is 1. The summed E-state index contributed by atoms with van der Waals surface area (Å²) >= 11 is 0. The number of hydrogen-bond acceptors (Lipinski definition) is 4. The number of nitrogens with zero attached hydrogens (tertiary/aromatic N) is 3. The molecule has 0 radical (unpaired) electrons. The Morgan fingerprint density at radius 2 is 2.00 bits per heavy atom. The van der Waals surface area contributed by atoms with Gasteiger partial charge < -0.3 is 10.6 Å². The monoisotopic (exact) mass is 448 g/mol. The van der Waals surface area contributed by atoms with Crippen LogP contribution in [0.25, 0.3) is 5.57 Å². The van der Waals surface area contributed by atoms with Gasteiger partial charge in [-0.2, -0.15) is 0 Å². The highest BCUT2D eigenvalue weighted by atomic mass is 16.2. The maximum Gasteiger partial charge on any atom is 0.257 e. The van der Waals surface area contributed by atoms with Gasteiger partial charge in [-0.1, -0.05) is 56.3 Å². The van der Waals surface area contributed by atoms with Crippen molar-refractivity contribution in [2.45, 2.75) is 58.4 Å². The van der Waals surface area contributed by atoms with E-state index in [4.69, 9.17) is 10.7 Å². The Hall–Kier alpha value is -2.89. The first-order chi connectivity index (χ1) is 15.7. The molecule has 0 aromatic heterocycles. The molecular weight excluding hydrogens is 412 g/mol. The van der Waals surface area contributed by atoms with Gasteiger partial charge >= 0.3 is 0 Å². The minimum Gasteiger partial charge on any atom is -0.369 e. The molecule has 2 heterocycles. The van der Waals surface area contributed by atoms with Crippen LogP contribution in [0, 0.1) is 11.8 Å². The van der Waals surface area contributed by atoms with Gasteiger partial charge in [0.05, 0.1) is 0 Å². The van der Waals surface area contributed by atoms with Crippen molar-refractivity contribution in [2.75, 3.05) is 19.6 Å². The van der Waals surface area contributed by atoms with Gasteiger partial charge in [-0.05, 0) is 54.7 Å². The number of guanidine groups is 1. The zero-order valence-corrected chi connectivity index (χ0v) is 20.3. The average molecular weight is 449 g/mol. The first kappa shape index (κ1) is 23.3. The Kier molecular flexibility index (Phi) is 6.46. The molecule has 6 heteroatoms. The van der Waals surface area contributed by atoms with E-state index in [1.54, 1.807) is 11.8 Å².